The quantitative estimate of drug-likeness (QED) is 0.331. The molecular formula is C28H33N5O2. The molecule has 0 saturated heterocycles. The van der Waals surface area contributed by atoms with Gasteiger partial charge in [-0.1, -0.05) is 19.9 Å². The molecule has 3 aromatic carbocycles. The Hall–Kier alpha value is -3.87. The largest absolute Gasteiger partial charge is 0.493 e. The molecule has 0 aliphatic carbocycles. The highest BCUT2D eigenvalue weighted by atomic mass is 16.5. The van der Waals surface area contributed by atoms with Crippen LogP contribution < -0.4 is 15.0 Å². The molecule has 182 valence electrons. The third kappa shape index (κ3) is 5.62. The number of fused-ring (bicyclic) bond motifs is 1. The minimum atomic E-state index is -0.193. The van der Waals surface area contributed by atoms with E-state index in [1.54, 1.807) is 16.9 Å². The normalized spacial score (nSPS) is 11.1. The van der Waals surface area contributed by atoms with Crippen LogP contribution in [0.5, 0.6) is 5.75 Å². The number of hydrogen-bond donors (Lipinski definition) is 1. The van der Waals surface area contributed by atoms with Crippen LogP contribution in [0.4, 0.5) is 11.4 Å². The number of carbonyl (C=O) groups is 1. The Kier molecular flexibility index (Phi) is 7.34. The molecule has 0 aliphatic rings. The van der Waals surface area contributed by atoms with Gasteiger partial charge in [-0.15, -0.1) is 10.2 Å². The summed E-state index contributed by atoms with van der Waals surface area (Å²) in [4.78, 5) is 16.9. The van der Waals surface area contributed by atoms with Gasteiger partial charge in [-0.25, -0.2) is 0 Å². The molecule has 1 N–H and O–H groups in total. The van der Waals surface area contributed by atoms with Crippen molar-refractivity contribution in [2.75, 3.05) is 29.9 Å². The fraction of sp³-hybridized carbons (Fsp3) is 0.321. The van der Waals surface area contributed by atoms with E-state index in [0.717, 1.165) is 29.9 Å². The summed E-state index contributed by atoms with van der Waals surface area (Å²) < 4.78 is 5.76. The molecule has 4 aromatic rings. The molecule has 0 bridgehead atoms. The van der Waals surface area contributed by atoms with Crippen LogP contribution in [-0.2, 0) is 0 Å². The van der Waals surface area contributed by atoms with E-state index in [-0.39, 0.29) is 5.91 Å². The molecule has 0 unspecified atom stereocenters. The molecule has 0 radical (unpaired) electrons. The number of rotatable bonds is 9. The van der Waals surface area contributed by atoms with Gasteiger partial charge in [-0.05, 0) is 86.8 Å². The maximum absolute atomic E-state index is 12.9. The van der Waals surface area contributed by atoms with E-state index >= 15 is 0 Å². The number of hydrogen-bond acceptors (Lipinski definition) is 5. The summed E-state index contributed by atoms with van der Waals surface area (Å²) in [6.45, 7) is 13.0. The van der Waals surface area contributed by atoms with Crippen LogP contribution in [0.3, 0.4) is 0 Å². The van der Waals surface area contributed by atoms with Crippen molar-refractivity contribution in [3.8, 4) is 11.4 Å². The molecule has 0 aliphatic heterocycles. The summed E-state index contributed by atoms with van der Waals surface area (Å²) in [6.07, 6.45) is 0. The lowest BCUT2D eigenvalue weighted by Gasteiger charge is -2.20. The monoisotopic (exact) mass is 471 g/mol. The van der Waals surface area contributed by atoms with E-state index in [4.69, 9.17) is 4.74 Å². The Labute approximate surface area is 206 Å². The third-order valence-corrected chi connectivity index (χ3v) is 5.86. The van der Waals surface area contributed by atoms with E-state index in [2.05, 4.69) is 60.2 Å². The van der Waals surface area contributed by atoms with Crippen molar-refractivity contribution < 1.29 is 9.53 Å². The Balaban J connectivity index is 1.54. The highest BCUT2D eigenvalue weighted by molar-refractivity contribution is 6.05. The number of aromatic nitrogens is 3. The lowest BCUT2D eigenvalue weighted by atomic mass is 10.1. The summed E-state index contributed by atoms with van der Waals surface area (Å²) >= 11 is 0. The number of ether oxygens (including phenoxy) is 1. The van der Waals surface area contributed by atoms with Crippen LogP contribution in [0.15, 0.2) is 60.7 Å². The minimum Gasteiger partial charge on any atom is -0.493 e. The molecule has 0 saturated carbocycles. The Bertz CT molecular complexity index is 1310. The van der Waals surface area contributed by atoms with Gasteiger partial charge in [0.15, 0.2) is 0 Å². The van der Waals surface area contributed by atoms with Crippen molar-refractivity contribution in [1.29, 1.82) is 0 Å². The Morgan fingerprint density at radius 3 is 2.34 bits per heavy atom. The fourth-order valence-corrected chi connectivity index (χ4v) is 3.89. The topological polar surface area (TPSA) is 72.3 Å². The average Bonchev–Trinajstić information content (AvgIpc) is 3.27. The molecular weight excluding hydrogens is 438 g/mol. The smallest absolute Gasteiger partial charge is 0.255 e. The predicted molar refractivity (Wildman–Crippen MR) is 142 cm³/mol. The first-order chi connectivity index (χ1) is 16.9. The van der Waals surface area contributed by atoms with Crippen molar-refractivity contribution in [3.05, 3.63) is 71.8 Å². The summed E-state index contributed by atoms with van der Waals surface area (Å²) in [7, 11) is 0. The number of nitrogens with one attached hydrogen (secondary N) is 1. The zero-order valence-electron chi connectivity index (χ0n) is 21.1. The molecule has 1 heterocycles. The van der Waals surface area contributed by atoms with Crippen LogP contribution in [0.2, 0.25) is 0 Å². The van der Waals surface area contributed by atoms with Crippen molar-refractivity contribution >= 4 is 28.3 Å². The molecule has 4 rings (SSSR count). The van der Waals surface area contributed by atoms with Gasteiger partial charge in [-0.3, -0.25) is 4.79 Å². The first kappa shape index (κ1) is 24.3. The van der Waals surface area contributed by atoms with E-state index in [1.807, 2.05) is 43.3 Å². The van der Waals surface area contributed by atoms with Crippen LogP contribution >= 0.6 is 0 Å². The lowest BCUT2D eigenvalue weighted by molar-refractivity contribution is 0.102. The van der Waals surface area contributed by atoms with Gasteiger partial charge < -0.3 is 15.0 Å². The fourth-order valence-electron chi connectivity index (χ4n) is 3.89. The molecule has 1 aromatic heterocycles. The molecule has 7 nitrogen and oxygen atoms in total. The van der Waals surface area contributed by atoms with Gasteiger partial charge in [0, 0.05) is 30.0 Å². The second-order valence-corrected chi connectivity index (χ2v) is 9.02. The molecule has 1 amide bonds. The number of anilines is 2. The van der Waals surface area contributed by atoms with Gasteiger partial charge >= 0.3 is 0 Å². The minimum absolute atomic E-state index is 0.193. The standard InChI is InChI=1S/C28H33N5O2/c1-6-32(7-2)22-11-13-23(14-12-22)33-30-26-15-20(5)25(17-27(26)31-33)29-28(34)21-9-8-10-24(16-21)35-18-19(3)4/h8-17,19H,6-7,18H2,1-5H3,(H,29,34). The van der Waals surface area contributed by atoms with Gasteiger partial charge in [-0.2, -0.15) is 4.80 Å². The number of aryl methyl sites for hydroxylation is 1. The predicted octanol–water partition coefficient (Wildman–Crippen LogP) is 5.86. The van der Waals surface area contributed by atoms with Crippen molar-refractivity contribution in [1.82, 2.24) is 15.0 Å². The van der Waals surface area contributed by atoms with E-state index in [1.165, 1.54) is 5.69 Å². The maximum Gasteiger partial charge on any atom is 0.255 e. The first-order valence-electron chi connectivity index (χ1n) is 12.1. The van der Waals surface area contributed by atoms with Gasteiger partial charge in [0.25, 0.3) is 5.91 Å². The van der Waals surface area contributed by atoms with Crippen molar-refractivity contribution in [2.24, 2.45) is 5.92 Å². The van der Waals surface area contributed by atoms with Crippen molar-refractivity contribution in [3.63, 3.8) is 0 Å². The van der Waals surface area contributed by atoms with Gasteiger partial charge in [0.1, 0.15) is 16.8 Å². The second kappa shape index (κ2) is 10.6. The summed E-state index contributed by atoms with van der Waals surface area (Å²) in [6, 6.07) is 19.3. The van der Waals surface area contributed by atoms with Crippen LogP contribution in [0.25, 0.3) is 16.7 Å². The van der Waals surface area contributed by atoms with Gasteiger partial charge in [0.2, 0.25) is 0 Å². The summed E-state index contributed by atoms with van der Waals surface area (Å²) in [5.41, 5.74) is 5.73. The number of nitrogens with zero attached hydrogens (tertiary/aromatic N) is 4. The highest BCUT2D eigenvalue weighted by Crippen LogP contribution is 2.24. The van der Waals surface area contributed by atoms with Crippen LogP contribution in [-0.4, -0.2) is 40.6 Å². The SMILES string of the molecule is CCN(CC)c1ccc(-n2nc3cc(C)c(NC(=O)c4cccc(OCC(C)C)c4)cc3n2)cc1. The van der Waals surface area contributed by atoms with Crippen LogP contribution in [0, 0.1) is 12.8 Å². The van der Waals surface area contributed by atoms with Crippen LogP contribution in [0.1, 0.15) is 43.6 Å². The van der Waals surface area contributed by atoms with Crippen molar-refractivity contribution in [2.45, 2.75) is 34.6 Å². The molecule has 0 fully saturated rings. The maximum atomic E-state index is 12.9. The zero-order chi connectivity index (χ0) is 24.9. The molecule has 0 atom stereocenters. The molecule has 0 spiro atoms. The Morgan fingerprint density at radius 2 is 1.69 bits per heavy atom. The number of benzene rings is 3. The second-order valence-electron chi connectivity index (χ2n) is 9.02. The van der Waals surface area contributed by atoms with E-state index in [9.17, 15) is 4.79 Å². The Morgan fingerprint density at radius 1 is 1.00 bits per heavy atom. The van der Waals surface area contributed by atoms with E-state index < -0.39 is 0 Å². The third-order valence-electron chi connectivity index (χ3n) is 5.86. The number of carbonyl (C=O) groups excluding carboxylic acids is 1. The lowest BCUT2D eigenvalue weighted by Crippen LogP contribution is -2.21. The summed E-state index contributed by atoms with van der Waals surface area (Å²) in [5, 5.41) is 12.3. The molecule has 7 heteroatoms. The highest BCUT2D eigenvalue weighted by Gasteiger charge is 2.13. The van der Waals surface area contributed by atoms with E-state index in [0.29, 0.717) is 35.0 Å². The average molecular weight is 472 g/mol. The van der Waals surface area contributed by atoms with Gasteiger partial charge in [0.05, 0.1) is 12.3 Å². The summed E-state index contributed by atoms with van der Waals surface area (Å²) in [5.74, 6) is 0.908. The first-order valence-corrected chi connectivity index (χ1v) is 12.1. The number of amides is 1. The zero-order valence-corrected chi connectivity index (χ0v) is 21.1. The molecule has 35 heavy (non-hydrogen) atoms.